The zero-order valence-electron chi connectivity index (χ0n) is 14.7. The van der Waals surface area contributed by atoms with E-state index < -0.39 is 0 Å². The average molecular weight is 367 g/mol. The lowest BCUT2D eigenvalue weighted by Gasteiger charge is -2.36. The average Bonchev–Trinajstić information content (AvgIpc) is 3.09. The van der Waals surface area contributed by atoms with Gasteiger partial charge in [0.1, 0.15) is 5.52 Å². The Kier molecular flexibility index (Phi) is 4.84. The van der Waals surface area contributed by atoms with Crippen LogP contribution in [-0.4, -0.2) is 47.7 Å². The molecule has 1 saturated heterocycles. The summed E-state index contributed by atoms with van der Waals surface area (Å²) >= 11 is 1.36. The fourth-order valence-electron chi connectivity index (χ4n) is 3.17. The molecule has 134 valence electrons. The van der Waals surface area contributed by atoms with Gasteiger partial charge in [-0.15, -0.1) is 0 Å². The number of aryl methyl sites for hydroxylation is 1. The molecule has 0 bridgehead atoms. The van der Waals surface area contributed by atoms with Crippen molar-refractivity contribution in [3.05, 3.63) is 54.1 Å². The smallest absolute Gasteiger partial charge is 0.257 e. The Balaban J connectivity index is 1.30. The number of nitrogens with zero attached hydrogens (tertiary/aromatic N) is 3. The monoisotopic (exact) mass is 367 g/mol. The second-order valence-electron chi connectivity index (χ2n) is 6.44. The highest BCUT2D eigenvalue weighted by Crippen LogP contribution is 2.24. The third kappa shape index (κ3) is 3.70. The van der Waals surface area contributed by atoms with Crippen LogP contribution in [0.15, 0.2) is 58.2 Å². The third-order valence-electron chi connectivity index (χ3n) is 4.59. The van der Waals surface area contributed by atoms with Crippen molar-refractivity contribution in [2.45, 2.75) is 12.1 Å². The number of thioether (sulfide) groups is 1. The second kappa shape index (κ2) is 7.41. The molecule has 26 heavy (non-hydrogen) atoms. The predicted molar refractivity (Wildman–Crippen MR) is 105 cm³/mol. The fraction of sp³-hybridized carbons (Fsp3) is 0.300. The number of oxazole rings is 1. The summed E-state index contributed by atoms with van der Waals surface area (Å²) in [6.45, 7) is 5.33. The molecule has 0 aliphatic carbocycles. The molecule has 1 aliphatic heterocycles. The molecule has 0 spiro atoms. The van der Waals surface area contributed by atoms with E-state index in [-0.39, 0.29) is 5.91 Å². The van der Waals surface area contributed by atoms with E-state index in [9.17, 15) is 4.79 Å². The number of amides is 1. The zero-order valence-corrected chi connectivity index (χ0v) is 15.5. The van der Waals surface area contributed by atoms with Gasteiger partial charge in [-0.1, -0.05) is 36.0 Å². The van der Waals surface area contributed by atoms with Gasteiger partial charge < -0.3 is 14.2 Å². The van der Waals surface area contributed by atoms with Gasteiger partial charge in [0.25, 0.3) is 5.22 Å². The van der Waals surface area contributed by atoms with Gasteiger partial charge >= 0.3 is 0 Å². The number of para-hydroxylation sites is 2. The quantitative estimate of drug-likeness (QED) is 0.660. The van der Waals surface area contributed by atoms with Crippen molar-refractivity contribution in [1.29, 1.82) is 0 Å². The first-order valence-corrected chi connectivity index (χ1v) is 9.75. The number of piperazine rings is 1. The molecule has 4 rings (SSSR count). The highest BCUT2D eigenvalue weighted by Gasteiger charge is 2.22. The SMILES string of the molecule is Cc1cccc(N2CCN(C(=O)CSc3nc4ccccc4o3)CC2)c1. The number of carbonyl (C=O) groups is 1. The maximum atomic E-state index is 12.5. The van der Waals surface area contributed by atoms with Crippen molar-refractivity contribution in [3.63, 3.8) is 0 Å². The molecule has 0 saturated carbocycles. The molecule has 1 fully saturated rings. The first kappa shape index (κ1) is 17.0. The molecular weight excluding hydrogens is 346 g/mol. The fourth-order valence-corrected chi connectivity index (χ4v) is 3.91. The number of hydrogen-bond donors (Lipinski definition) is 0. The molecule has 1 amide bonds. The highest BCUT2D eigenvalue weighted by atomic mass is 32.2. The summed E-state index contributed by atoms with van der Waals surface area (Å²) < 4.78 is 5.66. The number of carbonyl (C=O) groups excluding carboxylic acids is 1. The minimum atomic E-state index is 0.140. The van der Waals surface area contributed by atoms with Crippen LogP contribution >= 0.6 is 11.8 Å². The van der Waals surface area contributed by atoms with Gasteiger partial charge in [0.2, 0.25) is 5.91 Å². The molecular formula is C20H21N3O2S. The van der Waals surface area contributed by atoms with Crippen LogP contribution in [0.1, 0.15) is 5.56 Å². The highest BCUT2D eigenvalue weighted by molar-refractivity contribution is 7.99. The van der Waals surface area contributed by atoms with Crippen LogP contribution in [-0.2, 0) is 4.79 Å². The molecule has 0 unspecified atom stereocenters. The summed E-state index contributed by atoms with van der Waals surface area (Å²) in [5.41, 5.74) is 4.08. The third-order valence-corrected chi connectivity index (χ3v) is 5.41. The number of rotatable bonds is 4. The van der Waals surface area contributed by atoms with Gasteiger partial charge in [-0.2, -0.15) is 0 Å². The minimum absolute atomic E-state index is 0.140. The number of anilines is 1. The maximum absolute atomic E-state index is 12.5. The lowest BCUT2D eigenvalue weighted by Crippen LogP contribution is -2.49. The van der Waals surface area contributed by atoms with E-state index >= 15 is 0 Å². The summed E-state index contributed by atoms with van der Waals surface area (Å²) in [5, 5.41) is 0.554. The van der Waals surface area contributed by atoms with Crippen LogP contribution in [0.5, 0.6) is 0 Å². The Morgan fingerprint density at radius 1 is 1.12 bits per heavy atom. The molecule has 3 aromatic rings. The Hall–Kier alpha value is -2.47. The molecule has 2 heterocycles. The molecule has 0 atom stereocenters. The normalized spacial score (nSPS) is 14.8. The summed E-state index contributed by atoms with van der Waals surface area (Å²) in [6, 6.07) is 16.2. The van der Waals surface area contributed by atoms with Gasteiger partial charge in [0, 0.05) is 31.9 Å². The lowest BCUT2D eigenvalue weighted by atomic mass is 10.2. The summed E-state index contributed by atoms with van der Waals surface area (Å²) in [7, 11) is 0. The van der Waals surface area contributed by atoms with Crippen molar-refractivity contribution >= 4 is 34.5 Å². The number of aromatic nitrogens is 1. The number of benzene rings is 2. The van der Waals surface area contributed by atoms with E-state index in [0.29, 0.717) is 11.0 Å². The van der Waals surface area contributed by atoms with Gasteiger partial charge in [0.15, 0.2) is 5.58 Å². The molecule has 0 N–H and O–H groups in total. The van der Waals surface area contributed by atoms with Gasteiger partial charge in [-0.3, -0.25) is 4.79 Å². The van der Waals surface area contributed by atoms with E-state index in [2.05, 4.69) is 41.1 Å². The summed E-state index contributed by atoms with van der Waals surface area (Å²) in [5.74, 6) is 0.498. The van der Waals surface area contributed by atoms with Crippen LogP contribution in [0.2, 0.25) is 0 Å². The minimum Gasteiger partial charge on any atom is -0.431 e. The Labute approximate surface area is 157 Å². The Bertz CT molecular complexity index is 883. The van der Waals surface area contributed by atoms with Crippen molar-refractivity contribution in [1.82, 2.24) is 9.88 Å². The largest absolute Gasteiger partial charge is 0.431 e. The van der Waals surface area contributed by atoms with Crippen LogP contribution in [0.25, 0.3) is 11.1 Å². The van der Waals surface area contributed by atoms with Crippen molar-refractivity contribution in [2.75, 3.05) is 36.8 Å². The van der Waals surface area contributed by atoms with Gasteiger partial charge in [0.05, 0.1) is 5.75 Å². The van der Waals surface area contributed by atoms with Gasteiger partial charge in [-0.25, -0.2) is 4.98 Å². The Morgan fingerprint density at radius 3 is 2.69 bits per heavy atom. The van der Waals surface area contributed by atoms with E-state index in [1.165, 1.54) is 23.0 Å². The predicted octanol–water partition coefficient (Wildman–Crippen LogP) is 3.58. The molecule has 0 radical (unpaired) electrons. The van der Waals surface area contributed by atoms with Crippen LogP contribution in [0.4, 0.5) is 5.69 Å². The first-order chi connectivity index (χ1) is 12.7. The standard InChI is InChI=1S/C20H21N3O2S/c1-15-5-4-6-16(13-15)22-9-11-23(12-10-22)19(24)14-26-20-21-17-7-2-3-8-18(17)25-20/h2-8,13H,9-12,14H2,1H3. The molecule has 1 aliphatic rings. The molecule has 1 aromatic heterocycles. The van der Waals surface area contributed by atoms with Crippen LogP contribution in [0, 0.1) is 6.92 Å². The van der Waals surface area contributed by atoms with Gasteiger partial charge in [-0.05, 0) is 36.8 Å². The molecule has 5 nitrogen and oxygen atoms in total. The van der Waals surface area contributed by atoms with E-state index in [0.717, 1.165) is 37.3 Å². The van der Waals surface area contributed by atoms with Crippen molar-refractivity contribution < 1.29 is 9.21 Å². The first-order valence-electron chi connectivity index (χ1n) is 8.77. The van der Waals surface area contributed by atoms with E-state index in [1.54, 1.807) is 0 Å². The van der Waals surface area contributed by atoms with Crippen LogP contribution < -0.4 is 4.90 Å². The lowest BCUT2D eigenvalue weighted by molar-refractivity contribution is -0.128. The van der Waals surface area contributed by atoms with E-state index in [4.69, 9.17) is 4.42 Å². The molecule has 6 heteroatoms. The second-order valence-corrected chi connectivity index (χ2v) is 7.37. The number of hydrogen-bond acceptors (Lipinski definition) is 5. The summed E-state index contributed by atoms with van der Waals surface area (Å²) in [6.07, 6.45) is 0. The topological polar surface area (TPSA) is 49.6 Å². The summed E-state index contributed by atoms with van der Waals surface area (Å²) in [4.78, 5) is 21.2. The van der Waals surface area contributed by atoms with E-state index in [1.807, 2.05) is 29.2 Å². The van der Waals surface area contributed by atoms with Crippen LogP contribution in [0.3, 0.4) is 0 Å². The van der Waals surface area contributed by atoms with Crippen molar-refractivity contribution in [2.24, 2.45) is 0 Å². The zero-order chi connectivity index (χ0) is 17.9. The number of fused-ring (bicyclic) bond motifs is 1. The molecule has 2 aromatic carbocycles. The van der Waals surface area contributed by atoms with Crippen molar-refractivity contribution in [3.8, 4) is 0 Å². The Morgan fingerprint density at radius 2 is 1.92 bits per heavy atom. The maximum Gasteiger partial charge on any atom is 0.257 e.